The van der Waals surface area contributed by atoms with Crippen molar-refractivity contribution in [2.45, 2.75) is 4.90 Å². The smallest absolute Gasteiger partial charge is 0.176 e. The van der Waals surface area contributed by atoms with Crippen molar-refractivity contribution in [3.05, 3.63) is 63.6 Å². The zero-order valence-electron chi connectivity index (χ0n) is 10.00. The van der Waals surface area contributed by atoms with Crippen LogP contribution < -0.4 is 0 Å². The SMILES string of the molecule is O=C(CSc1ccc(Cl)c(Cl)c1)c1cc(F)ccc1F. The fourth-order valence-electron chi connectivity index (χ4n) is 1.50. The maximum Gasteiger partial charge on any atom is 0.176 e. The first kappa shape index (κ1) is 15.3. The molecule has 0 radical (unpaired) electrons. The van der Waals surface area contributed by atoms with Gasteiger partial charge in [0, 0.05) is 4.90 Å². The summed E-state index contributed by atoms with van der Waals surface area (Å²) in [5, 5.41) is 0.791. The van der Waals surface area contributed by atoms with E-state index in [2.05, 4.69) is 0 Å². The highest BCUT2D eigenvalue weighted by molar-refractivity contribution is 8.00. The number of benzene rings is 2. The van der Waals surface area contributed by atoms with Gasteiger partial charge in [-0.05, 0) is 36.4 Å². The summed E-state index contributed by atoms with van der Waals surface area (Å²) in [4.78, 5) is 12.6. The number of rotatable bonds is 4. The largest absolute Gasteiger partial charge is 0.293 e. The van der Waals surface area contributed by atoms with Gasteiger partial charge in [-0.3, -0.25) is 4.79 Å². The van der Waals surface area contributed by atoms with E-state index in [1.807, 2.05) is 0 Å². The van der Waals surface area contributed by atoms with Gasteiger partial charge >= 0.3 is 0 Å². The lowest BCUT2D eigenvalue weighted by Gasteiger charge is -2.04. The number of carbonyl (C=O) groups is 1. The molecule has 104 valence electrons. The fraction of sp³-hybridized carbons (Fsp3) is 0.0714. The van der Waals surface area contributed by atoms with Gasteiger partial charge in [-0.15, -0.1) is 11.8 Å². The minimum Gasteiger partial charge on any atom is -0.293 e. The van der Waals surface area contributed by atoms with Gasteiger partial charge in [-0.25, -0.2) is 8.78 Å². The van der Waals surface area contributed by atoms with Gasteiger partial charge in [-0.2, -0.15) is 0 Å². The summed E-state index contributed by atoms with van der Waals surface area (Å²) in [6.07, 6.45) is 0. The van der Waals surface area contributed by atoms with E-state index in [1.54, 1.807) is 18.2 Å². The van der Waals surface area contributed by atoms with E-state index in [0.717, 1.165) is 23.1 Å². The molecule has 0 aromatic heterocycles. The maximum atomic E-state index is 13.4. The lowest BCUT2D eigenvalue weighted by atomic mass is 10.1. The molecule has 0 amide bonds. The van der Waals surface area contributed by atoms with Crippen LogP contribution in [0.3, 0.4) is 0 Å². The van der Waals surface area contributed by atoms with Gasteiger partial charge in [-0.1, -0.05) is 23.2 Å². The average Bonchev–Trinajstić information content (AvgIpc) is 2.42. The Morgan fingerprint density at radius 2 is 1.80 bits per heavy atom. The van der Waals surface area contributed by atoms with Crippen molar-refractivity contribution in [2.24, 2.45) is 0 Å². The van der Waals surface area contributed by atoms with Gasteiger partial charge in [0.25, 0.3) is 0 Å². The number of hydrogen-bond donors (Lipinski definition) is 0. The number of thioether (sulfide) groups is 1. The molecule has 2 rings (SSSR count). The van der Waals surface area contributed by atoms with Crippen molar-refractivity contribution >= 4 is 40.7 Å². The molecule has 0 bridgehead atoms. The third kappa shape index (κ3) is 3.72. The summed E-state index contributed by atoms with van der Waals surface area (Å²) >= 11 is 12.8. The second kappa shape index (κ2) is 6.57. The molecule has 2 aromatic rings. The van der Waals surface area contributed by atoms with Crippen LogP contribution in [0.15, 0.2) is 41.3 Å². The van der Waals surface area contributed by atoms with Crippen molar-refractivity contribution in [3.8, 4) is 0 Å². The Labute approximate surface area is 128 Å². The second-order valence-corrected chi connectivity index (χ2v) is 5.78. The summed E-state index contributed by atoms with van der Waals surface area (Å²) in [6.45, 7) is 0. The Kier molecular flexibility index (Phi) is 5.02. The van der Waals surface area contributed by atoms with Crippen LogP contribution in [0.25, 0.3) is 0 Å². The van der Waals surface area contributed by atoms with Crippen molar-refractivity contribution < 1.29 is 13.6 Å². The molecular formula is C14H8Cl2F2OS. The number of Topliss-reactive ketones (excluding diaryl/α,β-unsaturated/α-hetero) is 1. The molecule has 0 saturated heterocycles. The monoisotopic (exact) mass is 332 g/mol. The van der Waals surface area contributed by atoms with Crippen LogP contribution in [0.1, 0.15) is 10.4 Å². The van der Waals surface area contributed by atoms with Gasteiger partial charge in [0.2, 0.25) is 0 Å². The standard InChI is InChI=1S/C14H8Cl2F2OS/c15-11-3-2-9(6-12(11)16)20-7-14(19)10-5-8(17)1-4-13(10)18/h1-6H,7H2. The molecule has 20 heavy (non-hydrogen) atoms. The Morgan fingerprint density at radius 3 is 2.50 bits per heavy atom. The maximum absolute atomic E-state index is 13.4. The molecule has 0 atom stereocenters. The first-order valence-corrected chi connectivity index (χ1v) is 7.27. The van der Waals surface area contributed by atoms with Crippen LogP contribution in [0.2, 0.25) is 10.0 Å². The molecule has 0 aliphatic rings. The van der Waals surface area contributed by atoms with E-state index >= 15 is 0 Å². The highest BCUT2D eigenvalue weighted by atomic mass is 35.5. The third-order valence-corrected chi connectivity index (χ3v) is 4.22. The minimum absolute atomic E-state index is 0.0155. The zero-order chi connectivity index (χ0) is 14.7. The Bertz CT molecular complexity index is 662. The van der Waals surface area contributed by atoms with Crippen LogP contribution in [-0.4, -0.2) is 11.5 Å². The Hall–Kier alpha value is -1.10. The van der Waals surface area contributed by atoms with E-state index in [9.17, 15) is 13.6 Å². The molecule has 0 spiro atoms. The topological polar surface area (TPSA) is 17.1 Å². The van der Waals surface area contributed by atoms with Crippen LogP contribution in [0, 0.1) is 11.6 Å². The number of halogens is 4. The predicted molar refractivity (Wildman–Crippen MR) is 77.9 cm³/mol. The highest BCUT2D eigenvalue weighted by Crippen LogP contribution is 2.28. The molecular weight excluding hydrogens is 325 g/mol. The van der Waals surface area contributed by atoms with Gasteiger partial charge in [0.1, 0.15) is 11.6 Å². The summed E-state index contributed by atoms with van der Waals surface area (Å²) in [5.41, 5.74) is -0.252. The van der Waals surface area contributed by atoms with E-state index in [-0.39, 0.29) is 11.3 Å². The van der Waals surface area contributed by atoms with Gasteiger partial charge in [0.15, 0.2) is 5.78 Å². The molecule has 0 N–H and O–H groups in total. The molecule has 2 aromatic carbocycles. The highest BCUT2D eigenvalue weighted by Gasteiger charge is 2.13. The number of ketones is 1. The normalized spacial score (nSPS) is 10.6. The fourth-order valence-corrected chi connectivity index (χ4v) is 2.69. The summed E-state index contributed by atoms with van der Waals surface area (Å²) in [5.74, 6) is -1.88. The van der Waals surface area contributed by atoms with E-state index in [0.29, 0.717) is 10.0 Å². The van der Waals surface area contributed by atoms with Gasteiger partial charge in [0.05, 0.1) is 21.4 Å². The van der Waals surface area contributed by atoms with E-state index in [4.69, 9.17) is 23.2 Å². The molecule has 0 unspecified atom stereocenters. The summed E-state index contributed by atoms with van der Waals surface area (Å²) in [7, 11) is 0. The van der Waals surface area contributed by atoms with Crippen molar-refractivity contribution in [1.82, 2.24) is 0 Å². The van der Waals surface area contributed by atoms with Crippen molar-refractivity contribution in [2.75, 3.05) is 5.75 Å². The average molecular weight is 333 g/mol. The van der Waals surface area contributed by atoms with Crippen LogP contribution in [0.5, 0.6) is 0 Å². The molecule has 0 aliphatic carbocycles. The first-order valence-electron chi connectivity index (χ1n) is 5.53. The van der Waals surface area contributed by atoms with Crippen LogP contribution in [0.4, 0.5) is 8.78 Å². The molecule has 0 aliphatic heterocycles. The third-order valence-electron chi connectivity index (χ3n) is 2.49. The summed E-state index contributed by atoms with van der Waals surface area (Å²) < 4.78 is 26.4. The predicted octanol–water partition coefficient (Wildman–Crippen LogP) is 5.25. The lowest BCUT2D eigenvalue weighted by molar-refractivity contribution is 0.101. The van der Waals surface area contributed by atoms with Crippen LogP contribution >= 0.6 is 35.0 Å². The number of hydrogen-bond acceptors (Lipinski definition) is 2. The minimum atomic E-state index is -0.730. The molecule has 6 heteroatoms. The quantitative estimate of drug-likeness (QED) is 0.562. The number of carbonyl (C=O) groups excluding carboxylic acids is 1. The van der Waals surface area contributed by atoms with Gasteiger partial charge < -0.3 is 0 Å². The zero-order valence-corrected chi connectivity index (χ0v) is 12.3. The van der Waals surface area contributed by atoms with E-state index in [1.165, 1.54) is 11.8 Å². The Balaban J connectivity index is 2.08. The van der Waals surface area contributed by atoms with Crippen molar-refractivity contribution in [3.63, 3.8) is 0 Å². The van der Waals surface area contributed by atoms with Crippen molar-refractivity contribution in [1.29, 1.82) is 0 Å². The Morgan fingerprint density at radius 1 is 1.05 bits per heavy atom. The molecule has 0 heterocycles. The van der Waals surface area contributed by atoms with E-state index < -0.39 is 17.4 Å². The molecule has 1 nitrogen and oxygen atoms in total. The molecule has 0 saturated carbocycles. The lowest BCUT2D eigenvalue weighted by Crippen LogP contribution is -2.05. The second-order valence-electron chi connectivity index (χ2n) is 3.91. The van der Waals surface area contributed by atoms with Crippen LogP contribution in [-0.2, 0) is 0 Å². The molecule has 0 fully saturated rings. The summed E-state index contributed by atoms with van der Waals surface area (Å²) in [6, 6.07) is 7.73. The first-order chi connectivity index (χ1) is 9.47.